The summed E-state index contributed by atoms with van der Waals surface area (Å²) in [6.45, 7) is 3.18. The van der Waals surface area contributed by atoms with E-state index in [-0.39, 0.29) is 0 Å². The molecule has 2 bridgehead atoms. The van der Waals surface area contributed by atoms with Crippen molar-refractivity contribution in [2.45, 2.75) is 38.0 Å². The number of ether oxygens (including phenoxy) is 1. The first kappa shape index (κ1) is 17.4. The van der Waals surface area contributed by atoms with Crippen LogP contribution in [0, 0.1) is 5.41 Å². The van der Waals surface area contributed by atoms with E-state index >= 15 is 0 Å². The number of nitrogen functional groups attached to an aromatic ring is 1. The Labute approximate surface area is 164 Å². The zero-order valence-corrected chi connectivity index (χ0v) is 15.7. The van der Waals surface area contributed by atoms with Crippen LogP contribution < -0.4 is 21.3 Å². The van der Waals surface area contributed by atoms with E-state index in [1.165, 1.54) is 19.1 Å². The van der Waals surface area contributed by atoms with Gasteiger partial charge in [0.05, 0.1) is 18.9 Å². The number of hydrogen-bond donors (Lipinski definition) is 4. The number of benzene rings is 1. The predicted octanol–water partition coefficient (Wildman–Crippen LogP) is 1.81. The Morgan fingerprint density at radius 2 is 2.07 bits per heavy atom. The predicted molar refractivity (Wildman–Crippen MR) is 110 cm³/mol. The fourth-order valence-corrected chi connectivity index (χ4v) is 4.46. The first-order valence-electron chi connectivity index (χ1n) is 9.86. The summed E-state index contributed by atoms with van der Waals surface area (Å²) in [6, 6.07) is 6.52. The molecule has 0 amide bonds. The monoisotopic (exact) mass is 379 g/mol. The van der Waals surface area contributed by atoms with Crippen molar-refractivity contribution in [3.05, 3.63) is 35.0 Å². The average molecular weight is 379 g/mol. The summed E-state index contributed by atoms with van der Waals surface area (Å²) < 4.78 is 5.68. The van der Waals surface area contributed by atoms with Crippen LogP contribution in [0.3, 0.4) is 0 Å². The highest BCUT2D eigenvalue weighted by Gasteiger charge is 2.38. The van der Waals surface area contributed by atoms with Gasteiger partial charge in [0.2, 0.25) is 5.95 Å². The van der Waals surface area contributed by atoms with Crippen molar-refractivity contribution in [2.75, 3.05) is 35.6 Å². The van der Waals surface area contributed by atoms with Gasteiger partial charge in [-0.2, -0.15) is 4.98 Å². The van der Waals surface area contributed by atoms with Crippen LogP contribution in [0.1, 0.15) is 29.7 Å². The fraction of sp³-hybridized carbons (Fsp3) is 0.450. The molecule has 8 heteroatoms. The van der Waals surface area contributed by atoms with Crippen LogP contribution >= 0.6 is 0 Å². The van der Waals surface area contributed by atoms with Crippen molar-refractivity contribution in [1.29, 1.82) is 5.41 Å². The highest BCUT2D eigenvalue weighted by Crippen LogP contribution is 2.34. The Morgan fingerprint density at radius 1 is 1.25 bits per heavy atom. The molecule has 8 nitrogen and oxygen atoms in total. The minimum Gasteiger partial charge on any atom is -0.398 e. The van der Waals surface area contributed by atoms with E-state index < -0.39 is 0 Å². The smallest absolute Gasteiger partial charge is 0.228 e. The number of nitrogens with one attached hydrogen (secondary N) is 3. The maximum atomic E-state index is 7.54. The van der Waals surface area contributed by atoms with E-state index in [9.17, 15) is 0 Å². The van der Waals surface area contributed by atoms with Gasteiger partial charge in [-0.3, -0.25) is 0 Å². The van der Waals surface area contributed by atoms with Gasteiger partial charge in [0.25, 0.3) is 0 Å². The van der Waals surface area contributed by atoms with Gasteiger partial charge < -0.3 is 31.4 Å². The second-order valence-corrected chi connectivity index (χ2v) is 7.66. The normalized spacial score (nSPS) is 23.4. The fourth-order valence-electron chi connectivity index (χ4n) is 4.46. The van der Waals surface area contributed by atoms with Crippen LogP contribution in [-0.4, -0.2) is 48.0 Å². The van der Waals surface area contributed by atoms with Crippen molar-refractivity contribution in [3.63, 3.8) is 0 Å². The van der Waals surface area contributed by atoms with Crippen LogP contribution in [0.5, 0.6) is 0 Å². The number of anilines is 4. The molecule has 146 valence electrons. The molecular formula is C20H25N7O. The third kappa shape index (κ3) is 2.98. The molecule has 0 spiro atoms. The molecule has 1 aromatic carbocycles. The van der Waals surface area contributed by atoms with Crippen LogP contribution in [0.25, 0.3) is 0 Å². The minimum atomic E-state index is 0.463. The van der Waals surface area contributed by atoms with Gasteiger partial charge >= 0.3 is 0 Å². The van der Waals surface area contributed by atoms with Crippen LogP contribution in [0.2, 0.25) is 0 Å². The highest BCUT2D eigenvalue weighted by molar-refractivity contribution is 5.87. The molecule has 28 heavy (non-hydrogen) atoms. The van der Waals surface area contributed by atoms with Crippen LogP contribution in [-0.2, 0) is 17.8 Å². The maximum Gasteiger partial charge on any atom is 0.228 e. The van der Waals surface area contributed by atoms with Gasteiger partial charge in [-0.15, -0.1) is 0 Å². The molecule has 3 aliphatic heterocycles. The summed E-state index contributed by atoms with van der Waals surface area (Å²) in [5.41, 5.74) is 10.1. The molecule has 5 N–H and O–H groups in total. The first-order chi connectivity index (χ1) is 13.7. The van der Waals surface area contributed by atoms with Gasteiger partial charge in [0.15, 0.2) is 0 Å². The van der Waals surface area contributed by atoms with E-state index in [0.29, 0.717) is 36.5 Å². The molecule has 2 aromatic rings. The summed E-state index contributed by atoms with van der Waals surface area (Å²) in [5.74, 6) is 1.61. The molecule has 0 saturated carbocycles. The number of rotatable bonds is 4. The van der Waals surface area contributed by atoms with Crippen molar-refractivity contribution >= 4 is 29.4 Å². The topological polar surface area (TPSA) is 112 Å². The van der Waals surface area contributed by atoms with Crippen LogP contribution in [0.4, 0.5) is 23.1 Å². The zero-order valence-electron chi connectivity index (χ0n) is 15.7. The number of nitrogens with two attached hydrogens (primary N) is 1. The third-order valence-corrected chi connectivity index (χ3v) is 5.93. The Kier molecular flexibility index (Phi) is 4.37. The molecule has 5 rings (SSSR count). The van der Waals surface area contributed by atoms with Gasteiger partial charge in [0.1, 0.15) is 5.82 Å². The number of aromatic nitrogens is 2. The molecule has 2 saturated heterocycles. The second kappa shape index (κ2) is 7.03. The lowest BCUT2D eigenvalue weighted by molar-refractivity contribution is 0.109. The molecule has 3 aliphatic rings. The molecular weight excluding hydrogens is 354 g/mol. The number of piperazine rings is 1. The Hall–Kier alpha value is -2.71. The van der Waals surface area contributed by atoms with E-state index in [2.05, 4.69) is 15.5 Å². The summed E-state index contributed by atoms with van der Waals surface area (Å²) in [4.78, 5) is 12.3. The number of fused-ring (bicyclic) bond motifs is 3. The molecule has 0 radical (unpaired) electrons. The Balaban J connectivity index is 1.54. The number of nitrogens with zero attached hydrogens (tertiary/aromatic N) is 3. The Morgan fingerprint density at radius 3 is 2.86 bits per heavy atom. The van der Waals surface area contributed by atoms with Gasteiger partial charge in [0, 0.05) is 60.3 Å². The first-order valence-corrected chi connectivity index (χ1v) is 9.86. The van der Waals surface area contributed by atoms with Crippen molar-refractivity contribution < 1.29 is 4.74 Å². The molecule has 2 unspecified atom stereocenters. The Bertz CT molecular complexity index is 900. The lowest BCUT2D eigenvalue weighted by Gasteiger charge is -2.36. The van der Waals surface area contributed by atoms with E-state index in [1.807, 2.05) is 18.2 Å². The van der Waals surface area contributed by atoms with Gasteiger partial charge in [-0.25, -0.2) is 4.98 Å². The van der Waals surface area contributed by atoms with Crippen molar-refractivity contribution in [2.24, 2.45) is 0 Å². The lowest BCUT2D eigenvalue weighted by atomic mass is 10.1. The van der Waals surface area contributed by atoms with Gasteiger partial charge in [-0.1, -0.05) is 0 Å². The quantitative estimate of drug-likeness (QED) is 0.473. The molecule has 2 fully saturated rings. The minimum absolute atomic E-state index is 0.463. The van der Waals surface area contributed by atoms with Crippen molar-refractivity contribution in [1.82, 2.24) is 15.3 Å². The molecule has 0 aliphatic carbocycles. The standard InChI is InChI=1S/C20H25N7O/c21-8-12-7-13(1-4-17(12)22)24-19-16-11-28-6-5-18(16)25-20(26-19)27-14-2-3-15(27)10-23-9-14/h1,4,7-8,14-15,21,23H,2-3,5-6,9-11,22H2,(H,24,25,26). The van der Waals surface area contributed by atoms with Gasteiger partial charge in [-0.05, 0) is 31.0 Å². The van der Waals surface area contributed by atoms with Crippen molar-refractivity contribution in [3.8, 4) is 0 Å². The summed E-state index contributed by atoms with van der Waals surface area (Å²) in [5, 5.41) is 14.5. The molecule has 1 aromatic heterocycles. The zero-order chi connectivity index (χ0) is 19.1. The van der Waals surface area contributed by atoms with E-state index in [4.69, 9.17) is 25.8 Å². The highest BCUT2D eigenvalue weighted by atomic mass is 16.5. The number of hydrogen-bond acceptors (Lipinski definition) is 8. The summed E-state index contributed by atoms with van der Waals surface area (Å²) in [6.07, 6.45) is 4.44. The molecule has 4 heterocycles. The van der Waals surface area contributed by atoms with Crippen LogP contribution in [0.15, 0.2) is 18.2 Å². The lowest BCUT2D eigenvalue weighted by Crippen LogP contribution is -2.52. The summed E-state index contributed by atoms with van der Waals surface area (Å²) >= 11 is 0. The molecule has 2 atom stereocenters. The average Bonchev–Trinajstić information content (AvgIpc) is 2.97. The summed E-state index contributed by atoms with van der Waals surface area (Å²) in [7, 11) is 0. The van der Waals surface area contributed by atoms with E-state index in [0.717, 1.165) is 48.2 Å². The SMILES string of the molecule is N=Cc1cc(Nc2nc(N3C4CCC3CNC4)nc3c2COCC3)ccc1N. The second-order valence-electron chi connectivity index (χ2n) is 7.66. The largest absolute Gasteiger partial charge is 0.398 e. The van der Waals surface area contributed by atoms with E-state index in [1.54, 1.807) is 0 Å². The third-order valence-electron chi connectivity index (χ3n) is 5.93. The maximum absolute atomic E-state index is 7.54.